The molecule has 0 amide bonds. The fourth-order valence-corrected chi connectivity index (χ4v) is 2.85. The van der Waals surface area contributed by atoms with Crippen molar-refractivity contribution in [1.82, 2.24) is 0 Å². The van der Waals surface area contributed by atoms with E-state index in [1.54, 1.807) is 41.8 Å². The van der Waals surface area contributed by atoms with E-state index in [9.17, 15) is 13.2 Å². The molecule has 26 heavy (non-hydrogen) atoms. The van der Waals surface area contributed by atoms with Crippen LogP contribution >= 0.6 is 11.8 Å². The van der Waals surface area contributed by atoms with Gasteiger partial charge in [-0.25, -0.2) is 18.2 Å². The van der Waals surface area contributed by atoms with Gasteiger partial charge in [-0.05, 0) is 72.1 Å². The normalized spacial score (nSPS) is 11.9. The Bertz CT molecular complexity index is 932. The molecule has 1 nitrogen and oxygen atoms in total. The second-order valence-corrected chi connectivity index (χ2v) is 6.31. The molecule has 0 bridgehead atoms. The topological polar surface area (TPSA) is 12.4 Å². The molecule has 130 valence electrons. The molecule has 5 heteroatoms. The molecule has 0 radical (unpaired) electrons. The van der Waals surface area contributed by atoms with E-state index in [-0.39, 0.29) is 11.6 Å². The molecular weight excluding hydrogens is 355 g/mol. The number of halogens is 3. The van der Waals surface area contributed by atoms with Crippen molar-refractivity contribution in [3.63, 3.8) is 0 Å². The summed E-state index contributed by atoms with van der Waals surface area (Å²) in [4.78, 5) is 5.27. The van der Waals surface area contributed by atoms with Crippen LogP contribution in [0.15, 0.2) is 94.2 Å². The van der Waals surface area contributed by atoms with E-state index in [1.807, 2.05) is 0 Å². The first-order valence-electron chi connectivity index (χ1n) is 7.80. The molecule has 0 N–H and O–H groups in total. The van der Waals surface area contributed by atoms with Crippen molar-refractivity contribution < 1.29 is 13.2 Å². The van der Waals surface area contributed by atoms with Crippen LogP contribution in [-0.2, 0) is 0 Å². The molecule has 3 rings (SSSR count). The van der Waals surface area contributed by atoms with Gasteiger partial charge in [-0.3, -0.25) is 0 Å². The predicted octanol–water partition coefficient (Wildman–Crippen LogP) is 6.53. The summed E-state index contributed by atoms with van der Waals surface area (Å²) < 4.78 is 40.2. The highest BCUT2D eigenvalue weighted by molar-refractivity contribution is 8.02. The first-order chi connectivity index (χ1) is 12.6. The monoisotopic (exact) mass is 369 g/mol. The first kappa shape index (κ1) is 18.0. The summed E-state index contributed by atoms with van der Waals surface area (Å²) in [7, 11) is 0. The Morgan fingerprint density at radius 2 is 1.38 bits per heavy atom. The summed E-state index contributed by atoms with van der Waals surface area (Å²) in [6.45, 7) is 0. The standard InChI is InChI=1S/C21H14F3NS/c22-15-5-9-17(10-6-15)25-21(19-3-1-2-4-20(19)24)13-14-26-18-11-7-16(23)8-12-18/h1-14H. The zero-order valence-corrected chi connectivity index (χ0v) is 14.4. The van der Waals surface area contributed by atoms with E-state index in [0.717, 1.165) is 4.90 Å². The average molecular weight is 369 g/mol. The SMILES string of the molecule is Fc1ccc(N=C(C=CSc2ccc(F)cc2)c2ccccc2F)cc1. The summed E-state index contributed by atoms with van der Waals surface area (Å²) in [6, 6.07) is 18.0. The number of thioether (sulfide) groups is 1. The van der Waals surface area contributed by atoms with Gasteiger partial charge in [-0.1, -0.05) is 23.9 Å². The van der Waals surface area contributed by atoms with Gasteiger partial charge in [0.2, 0.25) is 0 Å². The van der Waals surface area contributed by atoms with E-state index in [4.69, 9.17) is 0 Å². The fourth-order valence-electron chi connectivity index (χ4n) is 2.20. The van der Waals surface area contributed by atoms with Crippen LogP contribution in [0.25, 0.3) is 0 Å². The zero-order chi connectivity index (χ0) is 18.4. The van der Waals surface area contributed by atoms with Crippen LogP contribution < -0.4 is 0 Å². The van der Waals surface area contributed by atoms with E-state index >= 15 is 0 Å². The van der Waals surface area contributed by atoms with E-state index in [0.29, 0.717) is 17.0 Å². The van der Waals surface area contributed by atoms with Crippen LogP contribution in [0.2, 0.25) is 0 Å². The quantitative estimate of drug-likeness (QED) is 0.368. The highest BCUT2D eigenvalue weighted by atomic mass is 32.2. The van der Waals surface area contributed by atoms with Crippen molar-refractivity contribution in [3.05, 3.63) is 107 Å². The third-order valence-corrected chi connectivity index (χ3v) is 4.29. The van der Waals surface area contributed by atoms with Gasteiger partial charge in [0.05, 0.1) is 11.4 Å². The third kappa shape index (κ3) is 4.86. The van der Waals surface area contributed by atoms with Crippen LogP contribution in [0, 0.1) is 17.5 Å². The van der Waals surface area contributed by atoms with Crippen molar-refractivity contribution in [2.45, 2.75) is 4.90 Å². The zero-order valence-electron chi connectivity index (χ0n) is 13.6. The molecule has 0 saturated carbocycles. The number of benzene rings is 3. The number of rotatable bonds is 5. The van der Waals surface area contributed by atoms with Crippen LogP contribution in [0.5, 0.6) is 0 Å². The Kier molecular flexibility index (Phi) is 5.92. The molecule has 0 spiro atoms. The van der Waals surface area contributed by atoms with Crippen molar-refractivity contribution in [1.29, 1.82) is 0 Å². The minimum Gasteiger partial charge on any atom is -0.248 e. The largest absolute Gasteiger partial charge is 0.248 e. The third-order valence-electron chi connectivity index (χ3n) is 3.47. The van der Waals surface area contributed by atoms with Crippen molar-refractivity contribution >= 4 is 23.2 Å². The molecule has 0 fully saturated rings. The smallest absolute Gasteiger partial charge is 0.132 e. The maximum Gasteiger partial charge on any atom is 0.132 e. The first-order valence-corrected chi connectivity index (χ1v) is 8.68. The number of allylic oxidation sites excluding steroid dienone is 1. The van der Waals surface area contributed by atoms with E-state index < -0.39 is 5.82 Å². The van der Waals surface area contributed by atoms with Crippen LogP contribution in [0.4, 0.5) is 18.9 Å². The van der Waals surface area contributed by atoms with Crippen LogP contribution in [0.3, 0.4) is 0 Å². The van der Waals surface area contributed by atoms with Gasteiger partial charge in [0.15, 0.2) is 0 Å². The molecule has 0 unspecified atom stereocenters. The fraction of sp³-hybridized carbons (Fsp3) is 0. The lowest BCUT2D eigenvalue weighted by Crippen LogP contribution is -1.99. The Balaban J connectivity index is 1.90. The number of hydrogen-bond donors (Lipinski definition) is 0. The van der Waals surface area contributed by atoms with Gasteiger partial charge in [-0.15, -0.1) is 0 Å². The molecule has 0 aromatic heterocycles. The number of nitrogens with zero attached hydrogens (tertiary/aromatic N) is 1. The molecule has 0 aliphatic carbocycles. The minimum atomic E-state index is -0.398. The van der Waals surface area contributed by atoms with Crippen molar-refractivity contribution in [2.24, 2.45) is 4.99 Å². The Morgan fingerprint density at radius 3 is 2.04 bits per heavy atom. The molecule has 3 aromatic carbocycles. The van der Waals surface area contributed by atoms with Crippen molar-refractivity contribution in [2.75, 3.05) is 0 Å². The second kappa shape index (κ2) is 8.54. The van der Waals surface area contributed by atoms with Gasteiger partial charge in [0, 0.05) is 10.5 Å². The van der Waals surface area contributed by atoms with Gasteiger partial charge >= 0.3 is 0 Å². The molecule has 0 atom stereocenters. The number of aliphatic imine (C=N–C) groups is 1. The Hall–Kier alpha value is -2.79. The summed E-state index contributed by atoms with van der Waals surface area (Å²) >= 11 is 1.36. The van der Waals surface area contributed by atoms with Crippen molar-refractivity contribution in [3.8, 4) is 0 Å². The number of hydrogen-bond acceptors (Lipinski definition) is 2. The summed E-state index contributed by atoms with van der Waals surface area (Å²) in [6.07, 6.45) is 1.68. The maximum atomic E-state index is 14.2. The lowest BCUT2D eigenvalue weighted by molar-refractivity contribution is 0.625. The summed E-state index contributed by atoms with van der Waals surface area (Å²) in [5, 5.41) is 1.75. The maximum absolute atomic E-state index is 14.2. The summed E-state index contributed by atoms with van der Waals surface area (Å²) in [5.74, 6) is -1.06. The second-order valence-electron chi connectivity index (χ2n) is 5.33. The Morgan fingerprint density at radius 1 is 0.769 bits per heavy atom. The molecule has 0 aliphatic heterocycles. The molecule has 0 aliphatic rings. The van der Waals surface area contributed by atoms with E-state index in [2.05, 4.69) is 4.99 Å². The lowest BCUT2D eigenvalue weighted by Gasteiger charge is -2.04. The van der Waals surface area contributed by atoms with Gasteiger partial charge in [0.1, 0.15) is 17.5 Å². The lowest BCUT2D eigenvalue weighted by atomic mass is 10.1. The Labute approximate surface area is 153 Å². The molecule has 3 aromatic rings. The molecular formula is C21H14F3NS. The predicted molar refractivity (Wildman–Crippen MR) is 100 cm³/mol. The van der Waals surface area contributed by atoms with Crippen LogP contribution in [-0.4, -0.2) is 5.71 Å². The average Bonchev–Trinajstić information content (AvgIpc) is 2.65. The highest BCUT2D eigenvalue weighted by Crippen LogP contribution is 2.21. The van der Waals surface area contributed by atoms with E-state index in [1.165, 1.54) is 54.2 Å². The molecule has 0 heterocycles. The van der Waals surface area contributed by atoms with Gasteiger partial charge in [-0.2, -0.15) is 0 Å². The molecule has 0 saturated heterocycles. The summed E-state index contributed by atoms with van der Waals surface area (Å²) in [5.41, 5.74) is 1.26. The highest BCUT2D eigenvalue weighted by Gasteiger charge is 2.07. The van der Waals surface area contributed by atoms with Gasteiger partial charge < -0.3 is 0 Å². The minimum absolute atomic E-state index is 0.303. The van der Waals surface area contributed by atoms with Crippen LogP contribution in [0.1, 0.15) is 5.56 Å². The van der Waals surface area contributed by atoms with Gasteiger partial charge in [0.25, 0.3) is 0 Å².